The van der Waals surface area contributed by atoms with Crippen molar-refractivity contribution in [3.8, 4) is 0 Å². The average molecular weight is 240 g/mol. The van der Waals surface area contributed by atoms with Gasteiger partial charge in [0.2, 0.25) is 5.91 Å². The molecule has 0 unspecified atom stereocenters. The second kappa shape index (κ2) is 8.51. The van der Waals surface area contributed by atoms with Crippen molar-refractivity contribution >= 4 is 5.91 Å². The number of likely N-dealkylation sites (tertiary alicyclic amines) is 1. The Morgan fingerprint density at radius 1 is 1.00 bits per heavy atom. The van der Waals surface area contributed by atoms with Crippen molar-refractivity contribution < 1.29 is 4.79 Å². The van der Waals surface area contributed by atoms with E-state index in [-0.39, 0.29) is 0 Å². The van der Waals surface area contributed by atoms with Crippen molar-refractivity contribution in [1.82, 2.24) is 9.80 Å². The lowest BCUT2D eigenvalue weighted by Gasteiger charge is -2.26. The van der Waals surface area contributed by atoms with Crippen LogP contribution in [0.3, 0.4) is 0 Å². The van der Waals surface area contributed by atoms with Crippen LogP contribution < -0.4 is 0 Å². The monoisotopic (exact) mass is 240 g/mol. The van der Waals surface area contributed by atoms with Crippen LogP contribution in [0, 0.1) is 0 Å². The lowest BCUT2D eigenvalue weighted by molar-refractivity contribution is -0.132. The number of nitrogens with zero attached hydrogens (tertiary/aromatic N) is 2. The van der Waals surface area contributed by atoms with Gasteiger partial charge in [0.15, 0.2) is 0 Å². The van der Waals surface area contributed by atoms with E-state index in [1.165, 1.54) is 25.7 Å². The highest BCUT2D eigenvalue weighted by atomic mass is 16.2. The second-order valence-corrected chi connectivity index (χ2v) is 5.07. The molecule has 3 nitrogen and oxygen atoms in total. The van der Waals surface area contributed by atoms with Crippen LogP contribution in [0.5, 0.6) is 0 Å². The number of amides is 1. The zero-order valence-corrected chi connectivity index (χ0v) is 11.6. The molecular weight excluding hydrogens is 212 g/mol. The molecule has 0 radical (unpaired) electrons. The first-order valence-corrected chi connectivity index (χ1v) is 7.28. The summed E-state index contributed by atoms with van der Waals surface area (Å²) in [4.78, 5) is 16.6. The Morgan fingerprint density at radius 2 is 1.53 bits per heavy atom. The van der Waals surface area contributed by atoms with E-state index in [1.54, 1.807) is 0 Å². The van der Waals surface area contributed by atoms with Crippen molar-refractivity contribution in [2.45, 2.75) is 52.4 Å². The van der Waals surface area contributed by atoms with Crippen molar-refractivity contribution in [3.05, 3.63) is 0 Å². The van der Waals surface area contributed by atoms with Crippen molar-refractivity contribution in [3.63, 3.8) is 0 Å². The SMILES string of the molecule is CCCN(CCC)CC(=O)N1CCCCCC1. The van der Waals surface area contributed by atoms with E-state index in [9.17, 15) is 4.79 Å². The lowest BCUT2D eigenvalue weighted by Crippen LogP contribution is -2.41. The first-order chi connectivity index (χ1) is 8.27. The number of carbonyl (C=O) groups excluding carboxylic acids is 1. The number of rotatable bonds is 6. The minimum Gasteiger partial charge on any atom is -0.342 e. The molecule has 100 valence electrons. The number of carbonyl (C=O) groups is 1. The predicted molar refractivity (Wildman–Crippen MR) is 72.1 cm³/mol. The van der Waals surface area contributed by atoms with Gasteiger partial charge in [0, 0.05) is 13.1 Å². The van der Waals surface area contributed by atoms with E-state index in [0.717, 1.165) is 39.0 Å². The molecule has 1 saturated heterocycles. The Bertz CT molecular complexity index is 204. The Morgan fingerprint density at radius 3 is 2.00 bits per heavy atom. The summed E-state index contributed by atoms with van der Waals surface area (Å²) in [6.45, 7) is 9.04. The van der Waals surface area contributed by atoms with Gasteiger partial charge in [-0.05, 0) is 38.8 Å². The molecule has 17 heavy (non-hydrogen) atoms. The number of hydrogen-bond donors (Lipinski definition) is 0. The van der Waals surface area contributed by atoms with Gasteiger partial charge in [0.1, 0.15) is 0 Å². The molecule has 0 spiro atoms. The third-order valence-corrected chi connectivity index (χ3v) is 3.40. The van der Waals surface area contributed by atoms with Gasteiger partial charge in [-0.25, -0.2) is 0 Å². The van der Waals surface area contributed by atoms with Crippen LogP contribution in [-0.4, -0.2) is 48.4 Å². The number of hydrogen-bond acceptors (Lipinski definition) is 2. The Kier molecular flexibility index (Phi) is 7.25. The zero-order chi connectivity index (χ0) is 12.5. The van der Waals surface area contributed by atoms with Crippen LogP contribution in [0.1, 0.15) is 52.4 Å². The molecule has 0 aromatic heterocycles. The zero-order valence-electron chi connectivity index (χ0n) is 11.6. The molecule has 1 heterocycles. The third kappa shape index (κ3) is 5.53. The van der Waals surface area contributed by atoms with Crippen LogP contribution >= 0.6 is 0 Å². The predicted octanol–water partition coefficient (Wildman–Crippen LogP) is 2.51. The van der Waals surface area contributed by atoms with Crippen LogP contribution in [-0.2, 0) is 4.79 Å². The van der Waals surface area contributed by atoms with Crippen LogP contribution in [0.25, 0.3) is 0 Å². The summed E-state index contributed by atoms with van der Waals surface area (Å²) < 4.78 is 0. The van der Waals surface area contributed by atoms with Gasteiger partial charge in [-0.1, -0.05) is 26.7 Å². The molecule has 3 heteroatoms. The van der Waals surface area contributed by atoms with Gasteiger partial charge in [-0.2, -0.15) is 0 Å². The quantitative estimate of drug-likeness (QED) is 0.712. The highest BCUT2D eigenvalue weighted by molar-refractivity contribution is 5.78. The minimum atomic E-state index is 0.341. The maximum atomic E-state index is 12.2. The molecular formula is C14H28N2O. The van der Waals surface area contributed by atoms with Crippen LogP contribution in [0.15, 0.2) is 0 Å². The highest BCUT2D eigenvalue weighted by Gasteiger charge is 2.17. The second-order valence-electron chi connectivity index (χ2n) is 5.07. The van der Waals surface area contributed by atoms with Gasteiger partial charge in [0.05, 0.1) is 6.54 Å². The van der Waals surface area contributed by atoms with Gasteiger partial charge in [-0.3, -0.25) is 9.69 Å². The highest BCUT2D eigenvalue weighted by Crippen LogP contribution is 2.10. The molecule has 0 saturated carbocycles. The Labute approximate surface area is 106 Å². The van der Waals surface area contributed by atoms with Gasteiger partial charge in [-0.15, -0.1) is 0 Å². The summed E-state index contributed by atoms with van der Waals surface area (Å²) in [6.07, 6.45) is 7.22. The smallest absolute Gasteiger partial charge is 0.236 e. The fraction of sp³-hybridized carbons (Fsp3) is 0.929. The standard InChI is InChI=1S/C14H28N2O/c1-3-9-15(10-4-2)13-14(17)16-11-7-5-6-8-12-16/h3-13H2,1-2H3. The maximum Gasteiger partial charge on any atom is 0.236 e. The summed E-state index contributed by atoms with van der Waals surface area (Å²) >= 11 is 0. The molecule has 1 aliphatic rings. The minimum absolute atomic E-state index is 0.341. The van der Waals surface area contributed by atoms with Crippen molar-refractivity contribution in [2.24, 2.45) is 0 Å². The molecule has 0 N–H and O–H groups in total. The molecule has 0 bridgehead atoms. The largest absolute Gasteiger partial charge is 0.342 e. The Hall–Kier alpha value is -0.570. The fourth-order valence-electron chi connectivity index (χ4n) is 2.51. The van der Waals surface area contributed by atoms with Crippen LogP contribution in [0.4, 0.5) is 0 Å². The molecule has 1 amide bonds. The van der Waals surface area contributed by atoms with E-state index in [0.29, 0.717) is 12.5 Å². The van der Waals surface area contributed by atoms with E-state index in [4.69, 9.17) is 0 Å². The first-order valence-electron chi connectivity index (χ1n) is 7.28. The summed E-state index contributed by atoms with van der Waals surface area (Å²) in [6, 6.07) is 0. The van der Waals surface area contributed by atoms with E-state index < -0.39 is 0 Å². The van der Waals surface area contributed by atoms with E-state index in [2.05, 4.69) is 23.6 Å². The molecule has 0 aliphatic carbocycles. The third-order valence-electron chi connectivity index (χ3n) is 3.40. The topological polar surface area (TPSA) is 23.6 Å². The lowest BCUT2D eigenvalue weighted by atomic mass is 10.2. The maximum absolute atomic E-state index is 12.2. The molecule has 1 aliphatic heterocycles. The summed E-state index contributed by atoms with van der Waals surface area (Å²) in [7, 11) is 0. The molecule has 1 rings (SSSR count). The van der Waals surface area contributed by atoms with Crippen molar-refractivity contribution in [2.75, 3.05) is 32.7 Å². The molecule has 0 aromatic rings. The summed E-state index contributed by atoms with van der Waals surface area (Å²) in [5.74, 6) is 0.341. The average Bonchev–Trinajstić information content (AvgIpc) is 2.58. The van der Waals surface area contributed by atoms with Crippen LogP contribution in [0.2, 0.25) is 0 Å². The summed E-state index contributed by atoms with van der Waals surface area (Å²) in [5, 5.41) is 0. The molecule has 0 aromatic carbocycles. The fourth-order valence-corrected chi connectivity index (χ4v) is 2.51. The van der Waals surface area contributed by atoms with Gasteiger partial charge >= 0.3 is 0 Å². The molecule has 1 fully saturated rings. The molecule has 0 atom stereocenters. The van der Waals surface area contributed by atoms with Gasteiger partial charge in [0.25, 0.3) is 0 Å². The van der Waals surface area contributed by atoms with E-state index in [1.807, 2.05) is 0 Å². The normalized spacial score (nSPS) is 17.2. The van der Waals surface area contributed by atoms with E-state index >= 15 is 0 Å². The van der Waals surface area contributed by atoms with Gasteiger partial charge < -0.3 is 4.90 Å². The van der Waals surface area contributed by atoms with Crippen molar-refractivity contribution in [1.29, 1.82) is 0 Å². The first kappa shape index (κ1) is 14.5. The summed E-state index contributed by atoms with van der Waals surface area (Å²) in [5.41, 5.74) is 0. The Balaban J connectivity index is 2.38.